The van der Waals surface area contributed by atoms with Crippen LogP contribution in [0.3, 0.4) is 0 Å². The van der Waals surface area contributed by atoms with Crippen LogP contribution in [0.4, 0.5) is 5.69 Å². The number of nitrogens with zero attached hydrogens (tertiary/aromatic N) is 2. The Bertz CT molecular complexity index is 1080. The number of benzene rings is 1. The van der Waals surface area contributed by atoms with Crippen molar-refractivity contribution in [2.45, 2.75) is 78.1 Å². The molecule has 226 valence electrons. The van der Waals surface area contributed by atoms with Crippen molar-refractivity contribution in [2.24, 2.45) is 5.92 Å². The molecular formula is C31H44N4O6Rb2. The quantitative estimate of drug-likeness (QED) is 0.106. The summed E-state index contributed by atoms with van der Waals surface area (Å²) in [6.07, 6.45) is 6.72. The molecule has 1 aliphatic carbocycles. The third-order valence-corrected chi connectivity index (χ3v) is 7.03. The van der Waals surface area contributed by atoms with E-state index in [1.54, 1.807) is 31.2 Å². The number of ketones is 2. The van der Waals surface area contributed by atoms with Crippen LogP contribution in [0, 0.1) is 5.92 Å². The predicted octanol–water partition coefficient (Wildman–Crippen LogP) is -0.945. The Labute approximate surface area is 354 Å². The minimum atomic E-state index is -0.606. The van der Waals surface area contributed by atoms with E-state index >= 15 is 0 Å². The number of unbranched alkanes of at least 4 members (excludes halogenated alkanes) is 1. The molecule has 0 spiro atoms. The summed E-state index contributed by atoms with van der Waals surface area (Å²) in [6, 6.07) is 6.49. The van der Waals surface area contributed by atoms with Gasteiger partial charge in [0, 0.05) is 62.4 Å². The molecule has 3 amide bonds. The van der Waals surface area contributed by atoms with Crippen LogP contribution in [0.5, 0.6) is 0 Å². The second-order valence-electron chi connectivity index (χ2n) is 10.3. The van der Waals surface area contributed by atoms with Gasteiger partial charge in [-0.25, -0.2) is 0 Å². The average molecular weight is 740 g/mol. The minimum absolute atomic E-state index is 0. The molecule has 2 N–H and O–H groups in total. The summed E-state index contributed by atoms with van der Waals surface area (Å²) in [7, 11) is 1.83. The first-order valence-electron chi connectivity index (χ1n) is 14.6. The Morgan fingerprint density at radius 3 is 2.30 bits per heavy atom. The maximum atomic E-state index is 12.9. The topological polar surface area (TPSA) is 147 Å². The molecule has 1 aromatic rings. The molecule has 0 saturated carbocycles. The molecule has 0 aliphatic heterocycles. The number of ether oxygens (including phenoxy) is 1. The summed E-state index contributed by atoms with van der Waals surface area (Å²) in [5, 5.41) is 13.8. The second kappa shape index (κ2) is 25.2. The van der Waals surface area contributed by atoms with Crippen molar-refractivity contribution in [1.29, 1.82) is 0 Å². The largest absolute Gasteiger partial charge is 1.00 e. The fourth-order valence-corrected chi connectivity index (χ4v) is 4.43. The van der Waals surface area contributed by atoms with Crippen molar-refractivity contribution in [2.75, 3.05) is 33.4 Å². The monoisotopic (exact) mass is 738 g/mol. The number of amides is 3. The van der Waals surface area contributed by atoms with E-state index in [0.29, 0.717) is 37.2 Å². The molecule has 1 aliphatic rings. The number of hydrogen-bond donors (Lipinski definition) is 2. The summed E-state index contributed by atoms with van der Waals surface area (Å²) in [6.45, 7) is 4.82. The van der Waals surface area contributed by atoms with Gasteiger partial charge in [-0.1, -0.05) is 37.6 Å². The molecule has 12 heteroatoms. The van der Waals surface area contributed by atoms with Gasteiger partial charge in [-0.15, -0.1) is 12.2 Å². The Balaban J connectivity index is 0.00000882. The zero-order valence-corrected chi connectivity index (χ0v) is 36.5. The third kappa shape index (κ3) is 18.1. The first-order valence-corrected chi connectivity index (χ1v) is 14.6. The molecule has 10 nitrogen and oxygen atoms in total. The van der Waals surface area contributed by atoms with E-state index < -0.39 is 18.2 Å². The summed E-state index contributed by atoms with van der Waals surface area (Å²) in [5.74, 6) is -0.977. The standard InChI is InChI=1S/C31H46N4O6.2Rb/c1-22(23(2)36)9-6-7-17-33-28(37)12-8-19-41-20-18-34-29(38)21-30(39)35-25-15-13-24(14-16-25)31(40)26-10-4-5-11-27(26)32-3;;/h13-16,22H,4-12,17-21H2,1-3H3,(H4,32,33,34,35,37,38,39,40);;/q;2*+1/p-2. The molecule has 0 fully saturated rings. The minimum Gasteiger partial charge on any atom is -0.651 e. The van der Waals surface area contributed by atoms with Crippen LogP contribution in [0.25, 0.3) is 10.6 Å². The SMILES string of the molecule is CNC1=C(C(=O)c2ccc([N-]C(=O)CC(=O)[N-]CCOCCCC(=O)NCCCCC(C)C(C)=O)cc2)CCCC1.[Rb+].[Rb+]. The summed E-state index contributed by atoms with van der Waals surface area (Å²) in [5.41, 5.74) is 2.71. The molecular weight excluding hydrogens is 695 g/mol. The van der Waals surface area contributed by atoms with Crippen LogP contribution in [-0.4, -0.2) is 62.6 Å². The van der Waals surface area contributed by atoms with E-state index in [0.717, 1.165) is 56.2 Å². The van der Waals surface area contributed by atoms with Gasteiger partial charge in [-0.05, 0) is 51.9 Å². The molecule has 0 saturated heterocycles. The number of Topliss-reactive ketones (excluding diaryl/α,β-unsaturated/α-hetero) is 2. The van der Waals surface area contributed by atoms with Crippen molar-refractivity contribution in [3.63, 3.8) is 0 Å². The molecule has 1 aromatic carbocycles. The van der Waals surface area contributed by atoms with Crippen molar-refractivity contribution in [3.05, 3.63) is 51.7 Å². The zero-order valence-electron chi connectivity index (χ0n) is 26.6. The molecule has 1 unspecified atom stereocenters. The Morgan fingerprint density at radius 2 is 1.63 bits per heavy atom. The molecule has 0 heterocycles. The van der Waals surface area contributed by atoms with Crippen LogP contribution in [0.1, 0.15) is 88.4 Å². The molecule has 43 heavy (non-hydrogen) atoms. The first kappa shape index (κ1) is 43.1. The molecule has 0 aromatic heterocycles. The van der Waals surface area contributed by atoms with Gasteiger partial charge in [0.15, 0.2) is 5.78 Å². The van der Waals surface area contributed by atoms with E-state index in [9.17, 15) is 24.0 Å². The Morgan fingerprint density at radius 1 is 0.930 bits per heavy atom. The molecule has 1 atom stereocenters. The summed E-state index contributed by atoms with van der Waals surface area (Å²) >= 11 is 0. The fraction of sp³-hybridized carbons (Fsp3) is 0.581. The fourth-order valence-electron chi connectivity index (χ4n) is 4.43. The van der Waals surface area contributed by atoms with Gasteiger partial charge < -0.3 is 35.6 Å². The molecule has 0 bridgehead atoms. The number of nitrogens with one attached hydrogen (secondary N) is 2. The van der Waals surface area contributed by atoms with Crippen LogP contribution >= 0.6 is 0 Å². The van der Waals surface area contributed by atoms with Crippen LogP contribution < -0.4 is 127 Å². The van der Waals surface area contributed by atoms with E-state index in [4.69, 9.17) is 4.74 Å². The number of hydrogen-bond acceptors (Lipinski definition) is 7. The number of carbonyl (C=O) groups excluding carboxylic acids is 5. The number of carbonyl (C=O) groups is 5. The van der Waals surface area contributed by atoms with Crippen LogP contribution in [0.15, 0.2) is 35.5 Å². The number of rotatable bonds is 19. The average Bonchev–Trinajstić information content (AvgIpc) is 2.96. The maximum absolute atomic E-state index is 12.9. The van der Waals surface area contributed by atoms with E-state index in [-0.39, 0.29) is 153 Å². The van der Waals surface area contributed by atoms with Crippen molar-refractivity contribution in [1.82, 2.24) is 10.6 Å². The molecule has 2 rings (SSSR count). The predicted molar refractivity (Wildman–Crippen MR) is 158 cm³/mol. The van der Waals surface area contributed by atoms with E-state index in [1.807, 2.05) is 14.0 Å². The van der Waals surface area contributed by atoms with Gasteiger partial charge in [0.1, 0.15) is 5.78 Å². The third-order valence-electron chi connectivity index (χ3n) is 7.03. The van der Waals surface area contributed by atoms with Gasteiger partial charge >= 0.3 is 116 Å². The van der Waals surface area contributed by atoms with E-state index in [1.165, 1.54) is 0 Å². The zero-order chi connectivity index (χ0) is 30.0. The van der Waals surface area contributed by atoms with Crippen molar-refractivity contribution in [3.8, 4) is 0 Å². The van der Waals surface area contributed by atoms with Crippen molar-refractivity contribution >= 4 is 35.0 Å². The van der Waals surface area contributed by atoms with E-state index in [2.05, 4.69) is 21.3 Å². The van der Waals surface area contributed by atoms with Gasteiger partial charge in [0.2, 0.25) is 5.91 Å². The normalized spacial score (nSPS) is 13.1. The van der Waals surface area contributed by atoms with Crippen molar-refractivity contribution < 1.29 is 145 Å². The number of allylic oxidation sites excluding steroid dienone is 2. The second-order valence-corrected chi connectivity index (χ2v) is 10.3. The summed E-state index contributed by atoms with van der Waals surface area (Å²) in [4.78, 5) is 60.1. The maximum Gasteiger partial charge on any atom is 1.00 e. The van der Waals surface area contributed by atoms with Gasteiger partial charge in [0.25, 0.3) is 0 Å². The Hall–Kier alpha value is 0.0804. The van der Waals surface area contributed by atoms with Crippen LogP contribution in [-0.2, 0) is 23.9 Å². The van der Waals surface area contributed by atoms with Crippen LogP contribution in [0.2, 0.25) is 0 Å². The summed E-state index contributed by atoms with van der Waals surface area (Å²) < 4.78 is 5.41. The van der Waals surface area contributed by atoms with Gasteiger partial charge in [-0.3, -0.25) is 14.4 Å². The van der Waals surface area contributed by atoms with Gasteiger partial charge in [-0.2, -0.15) is 0 Å². The molecule has 0 radical (unpaired) electrons. The Kier molecular flexibility index (Phi) is 25.3. The first-order chi connectivity index (χ1) is 19.7. The van der Waals surface area contributed by atoms with Gasteiger partial charge in [0.05, 0.1) is 11.8 Å². The smallest absolute Gasteiger partial charge is 0.651 e.